The van der Waals surface area contributed by atoms with Crippen LogP contribution in [0.1, 0.15) is 38.7 Å². The van der Waals surface area contributed by atoms with Crippen LogP contribution in [0.2, 0.25) is 0 Å². The number of benzene rings is 1. The highest BCUT2D eigenvalue weighted by Crippen LogP contribution is 2.24. The van der Waals surface area contributed by atoms with Gasteiger partial charge < -0.3 is 11.1 Å². The second-order valence-electron chi connectivity index (χ2n) is 6.22. The molecule has 0 spiro atoms. The second kappa shape index (κ2) is 8.09. The van der Waals surface area contributed by atoms with E-state index in [-0.39, 0.29) is 22.8 Å². The van der Waals surface area contributed by atoms with Crippen LogP contribution in [0.4, 0.5) is 0 Å². The Morgan fingerprint density at radius 3 is 2.33 bits per heavy atom. The molecule has 1 aliphatic rings. The minimum atomic E-state index is -3.44. The van der Waals surface area contributed by atoms with Gasteiger partial charge in [-0.05, 0) is 37.0 Å². The molecule has 0 bridgehead atoms. The van der Waals surface area contributed by atoms with Gasteiger partial charge in [-0.2, -0.15) is 4.31 Å². The molecule has 2 rings (SSSR count). The van der Waals surface area contributed by atoms with E-state index in [0.29, 0.717) is 19.6 Å². The zero-order valence-corrected chi connectivity index (χ0v) is 15.2. The first-order chi connectivity index (χ1) is 11.4. The number of carbonyl (C=O) groups excluding carboxylic acids is 1. The summed E-state index contributed by atoms with van der Waals surface area (Å²) in [5.41, 5.74) is 6.71. The maximum absolute atomic E-state index is 12.4. The molecule has 0 saturated heterocycles. The van der Waals surface area contributed by atoms with E-state index in [1.807, 2.05) is 13.8 Å². The Balaban J connectivity index is 1.96. The smallest absolute Gasteiger partial charge is 0.243 e. The van der Waals surface area contributed by atoms with Gasteiger partial charge in [-0.25, -0.2) is 8.42 Å². The maximum atomic E-state index is 12.4. The topological polar surface area (TPSA) is 92.5 Å². The fourth-order valence-corrected chi connectivity index (χ4v) is 4.54. The zero-order chi connectivity index (χ0) is 17.7. The minimum Gasteiger partial charge on any atom is -0.352 e. The van der Waals surface area contributed by atoms with Crippen molar-refractivity contribution >= 4 is 15.9 Å². The van der Waals surface area contributed by atoms with E-state index in [4.69, 9.17) is 5.73 Å². The molecule has 2 unspecified atom stereocenters. The monoisotopic (exact) mass is 353 g/mol. The van der Waals surface area contributed by atoms with Crippen molar-refractivity contribution in [2.75, 3.05) is 13.1 Å². The Morgan fingerprint density at radius 2 is 1.83 bits per heavy atom. The van der Waals surface area contributed by atoms with E-state index in [2.05, 4.69) is 5.32 Å². The van der Waals surface area contributed by atoms with Gasteiger partial charge in [0.25, 0.3) is 0 Å². The average Bonchev–Trinajstić information content (AvgIpc) is 3.00. The minimum absolute atomic E-state index is 0.00215. The summed E-state index contributed by atoms with van der Waals surface area (Å²) in [4.78, 5) is 12.4. The lowest BCUT2D eigenvalue weighted by atomic mass is 10.1. The van der Waals surface area contributed by atoms with Crippen LogP contribution in [-0.4, -0.2) is 37.8 Å². The molecular formula is C17H27N3O3S. The van der Waals surface area contributed by atoms with Crippen molar-refractivity contribution in [1.82, 2.24) is 9.62 Å². The van der Waals surface area contributed by atoms with Crippen molar-refractivity contribution in [3.8, 4) is 0 Å². The van der Waals surface area contributed by atoms with E-state index < -0.39 is 10.0 Å². The number of hydrogen-bond donors (Lipinski definition) is 2. The van der Waals surface area contributed by atoms with E-state index in [9.17, 15) is 13.2 Å². The first-order valence-corrected chi connectivity index (χ1v) is 9.94. The number of nitrogens with one attached hydrogen (secondary N) is 1. The lowest BCUT2D eigenvalue weighted by molar-refractivity contribution is -0.125. The number of hydrogen-bond acceptors (Lipinski definition) is 4. The van der Waals surface area contributed by atoms with Crippen LogP contribution in [-0.2, 0) is 21.4 Å². The normalized spacial score (nSPS) is 21.2. The Bertz CT molecular complexity index is 654. The van der Waals surface area contributed by atoms with Gasteiger partial charge in [0.2, 0.25) is 15.9 Å². The fourth-order valence-electron chi connectivity index (χ4n) is 3.08. The van der Waals surface area contributed by atoms with Crippen LogP contribution < -0.4 is 11.1 Å². The van der Waals surface area contributed by atoms with Gasteiger partial charge in [-0.1, -0.05) is 26.0 Å². The average molecular weight is 353 g/mol. The van der Waals surface area contributed by atoms with Crippen LogP contribution >= 0.6 is 0 Å². The highest BCUT2D eigenvalue weighted by atomic mass is 32.2. The van der Waals surface area contributed by atoms with Gasteiger partial charge in [0.15, 0.2) is 0 Å². The number of sulfonamides is 1. The predicted octanol–water partition coefficient (Wildman–Crippen LogP) is 1.46. The molecule has 134 valence electrons. The van der Waals surface area contributed by atoms with Gasteiger partial charge in [0.05, 0.1) is 4.90 Å². The Morgan fingerprint density at radius 1 is 1.21 bits per heavy atom. The highest BCUT2D eigenvalue weighted by molar-refractivity contribution is 7.89. The number of amides is 1. The van der Waals surface area contributed by atoms with Crippen molar-refractivity contribution < 1.29 is 13.2 Å². The van der Waals surface area contributed by atoms with Gasteiger partial charge >= 0.3 is 0 Å². The summed E-state index contributed by atoms with van der Waals surface area (Å²) < 4.78 is 26.3. The summed E-state index contributed by atoms with van der Waals surface area (Å²) in [6.07, 6.45) is 2.48. The molecule has 2 atom stereocenters. The summed E-state index contributed by atoms with van der Waals surface area (Å²) in [5.74, 6) is 0.0325. The Kier molecular flexibility index (Phi) is 6.37. The number of nitrogens with two attached hydrogens (primary N) is 1. The fraction of sp³-hybridized carbons (Fsp3) is 0.588. The number of rotatable bonds is 7. The SMILES string of the molecule is CCN(CC)S(=O)(=O)c1ccc(CNC(=O)C2CCC(N)C2)cc1. The van der Waals surface area contributed by atoms with Crippen molar-refractivity contribution in [3.05, 3.63) is 29.8 Å². The van der Waals surface area contributed by atoms with E-state index >= 15 is 0 Å². The molecule has 6 nitrogen and oxygen atoms in total. The van der Waals surface area contributed by atoms with Gasteiger partial charge in [0, 0.05) is 31.6 Å². The van der Waals surface area contributed by atoms with Gasteiger partial charge in [0.1, 0.15) is 0 Å². The van der Waals surface area contributed by atoms with Crippen LogP contribution in [0.15, 0.2) is 29.2 Å². The van der Waals surface area contributed by atoms with Crippen LogP contribution in [0.5, 0.6) is 0 Å². The third-order valence-corrected chi connectivity index (χ3v) is 6.64. The first-order valence-electron chi connectivity index (χ1n) is 8.50. The summed E-state index contributed by atoms with van der Waals surface area (Å²) in [6.45, 7) is 4.93. The summed E-state index contributed by atoms with van der Waals surface area (Å²) in [7, 11) is -3.44. The van der Waals surface area contributed by atoms with Gasteiger partial charge in [-0.3, -0.25) is 4.79 Å². The highest BCUT2D eigenvalue weighted by Gasteiger charge is 2.27. The molecular weight excluding hydrogens is 326 g/mol. The van der Waals surface area contributed by atoms with E-state index in [1.54, 1.807) is 24.3 Å². The molecule has 1 aromatic rings. The van der Waals surface area contributed by atoms with Crippen molar-refractivity contribution in [2.24, 2.45) is 11.7 Å². The predicted molar refractivity (Wildman–Crippen MR) is 93.7 cm³/mol. The number of nitrogens with zero attached hydrogens (tertiary/aromatic N) is 1. The molecule has 1 aliphatic carbocycles. The van der Waals surface area contributed by atoms with Crippen LogP contribution in [0, 0.1) is 5.92 Å². The molecule has 1 saturated carbocycles. The van der Waals surface area contributed by atoms with Crippen molar-refractivity contribution in [2.45, 2.75) is 50.6 Å². The first kappa shape index (κ1) is 18.9. The summed E-state index contributed by atoms with van der Waals surface area (Å²) >= 11 is 0. The zero-order valence-electron chi connectivity index (χ0n) is 14.4. The Hall–Kier alpha value is -1.44. The molecule has 0 aromatic heterocycles. The second-order valence-corrected chi connectivity index (χ2v) is 8.16. The Labute approximate surface area is 144 Å². The standard InChI is InChI=1S/C17H27N3O3S/c1-3-20(4-2)24(22,23)16-9-5-13(6-10-16)12-19-17(21)14-7-8-15(18)11-14/h5-6,9-10,14-15H,3-4,7-8,11-12,18H2,1-2H3,(H,19,21). The third kappa shape index (κ3) is 4.34. The molecule has 0 aliphatic heterocycles. The van der Waals surface area contributed by atoms with Crippen LogP contribution in [0.25, 0.3) is 0 Å². The summed E-state index contributed by atoms with van der Waals surface area (Å²) in [5, 5.41) is 2.91. The number of carbonyl (C=O) groups is 1. The largest absolute Gasteiger partial charge is 0.352 e. The summed E-state index contributed by atoms with van der Waals surface area (Å²) in [6, 6.07) is 6.82. The maximum Gasteiger partial charge on any atom is 0.243 e. The van der Waals surface area contributed by atoms with E-state index in [0.717, 1.165) is 24.8 Å². The van der Waals surface area contributed by atoms with Crippen molar-refractivity contribution in [1.29, 1.82) is 0 Å². The van der Waals surface area contributed by atoms with E-state index in [1.165, 1.54) is 4.31 Å². The molecule has 3 N–H and O–H groups in total. The lowest BCUT2D eigenvalue weighted by Gasteiger charge is -2.18. The third-order valence-electron chi connectivity index (χ3n) is 4.58. The van der Waals surface area contributed by atoms with Gasteiger partial charge in [-0.15, -0.1) is 0 Å². The van der Waals surface area contributed by atoms with Crippen molar-refractivity contribution in [3.63, 3.8) is 0 Å². The molecule has 24 heavy (non-hydrogen) atoms. The molecule has 0 heterocycles. The molecule has 1 aromatic carbocycles. The molecule has 1 amide bonds. The molecule has 0 radical (unpaired) electrons. The van der Waals surface area contributed by atoms with Crippen LogP contribution in [0.3, 0.4) is 0 Å². The molecule has 7 heteroatoms. The molecule has 1 fully saturated rings. The lowest BCUT2D eigenvalue weighted by Crippen LogP contribution is -2.31. The quantitative estimate of drug-likeness (QED) is 0.776.